The smallest absolute Gasteiger partial charge is 0.407 e. The third kappa shape index (κ3) is 6.38. The zero-order valence-electron chi connectivity index (χ0n) is 16.5. The molecular formula is C21H30N2O4. The zero-order valence-corrected chi connectivity index (χ0v) is 16.5. The minimum Gasteiger partial charge on any atom is -0.447 e. The second-order valence-electron chi connectivity index (χ2n) is 7.99. The van der Waals surface area contributed by atoms with Crippen LogP contribution in [0.4, 0.5) is 4.79 Å². The fraction of sp³-hybridized carbons (Fsp3) is 0.571. The number of hydrogen-bond acceptors (Lipinski definition) is 4. The number of nitrogens with zero attached hydrogens (tertiary/aromatic N) is 1. The second-order valence-corrected chi connectivity index (χ2v) is 7.99. The van der Waals surface area contributed by atoms with E-state index in [4.69, 9.17) is 4.74 Å². The number of likely N-dealkylation sites (tertiary alicyclic amines) is 1. The number of hydrogen-bond donors (Lipinski definition) is 1. The number of rotatable bonds is 7. The van der Waals surface area contributed by atoms with Crippen LogP contribution in [0.1, 0.15) is 45.6 Å². The van der Waals surface area contributed by atoms with Gasteiger partial charge in [-0.15, -0.1) is 0 Å². The van der Waals surface area contributed by atoms with Crippen LogP contribution in [0, 0.1) is 5.41 Å². The van der Waals surface area contributed by atoms with Crippen molar-refractivity contribution < 1.29 is 19.1 Å². The van der Waals surface area contributed by atoms with E-state index in [9.17, 15) is 14.4 Å². The van der Waals surface area contributed by atoms with Crippen LogP contribution in [0.15, 0.2) is 30.3 Å². The van der Waals surface area contributed by atoms with Crippen molar-refractivity contribution in [2.75, 3.05) is 19.7 Å². The summed E-state index contributed by atoms with van der Waals surface area (Å²) in [6, 6.07) is 9.86. The average molecular weight is 374 g/mol. The summed E-state index contributed by atoms with van der Waals surface area (Å²) < 4.78 is 5.27. The highest BCUT2D eigenvalue weighted by Crippen LogP contribution is 2.22. The maximum absolute atomic E-state index is 12.4. The van der Waals surface area contributed by atoms with Crippen LogP contribution in [0.2, 0.25) is 0 Å². The molecule has 1 aliphatic rings. The molecule has 2 amide bonds. The van der Waals surface area contributed by atoms with Gasteiger partial charge in [-0.2, -0.15) is 0 Å². The molecule has 1 N–H and O–H groups in total. The fourth-order valence-electron chi connectivity index (χ4n) is 3.08. The summed E-state index contributed by atoms with van der Waals surface area (Å²) in [6.45, 7) is 6.39. The standard InChI is InChI=1S/C21H30N2O4/c1-21(2,3)18(24)19(25)23-14-8-12-17(23)15-27-20(26)22-13-7-11-16-9-5-4-6-10-16/h4-6,9-10,17H,7-8,11-15H2,1-3H3,(H,22,26). The summed E-state index contributed by atoms with van der Waals surface area (Å²) in [7, 11) is 0. The quantitative estimate of drug-likeness (QED) is 0.588. The Hall–Kier alpha value is -2.37. The number of ketones is 1. The summed E-state index contributed by atoms with van der Waals surface area (Å²) >= 11 is 0. The van der Waals surface area contributed by atoms with Gasteiger partial charge in [0, 0.05) is 18.5 Å². The van der Waals surface area contributed by atoms with Gasteiger partial charge in [-0.05, 0) is 31.2 Å². The molecule has 1 aromatic carbocycles. The van der Waals surface area contributed by atoms with Crippen LogP contribution in [-0.4, -0.2) is 48.4 Å². The van der Waals surface area contributed by atoms with Crippen LogP contribution in [0.25, 0.3) is 0 Å². The molecule has 2 rings (SSSR count). The third-order valence-corrected chi connectivity index (χ3v) is 4.67. The Balaban J connectivity index is 1.70. The van der Waals surface area contributed by atoms with Crippen molar-refractivity contribution in [1.29, 1.82) is 0 Å². The molecule has 1 aliphatic heterocycles. The van der Waals surface area contributed by atoms with Crippen molar-refractivity contribution in [3.63, 3.8) is 0 Å². The van der Waals surface area contributed by atoms with E-state index in [0.29, 0.717) is 13.1 Å². The lowest BCUT2D eigenvalue weighted by atomic mass is 9.90. The number of aryl methyl sites for hydroxylation is 1. The summed E-state index contributed by atoms with van der Waals surface area (Å²) in [6.07, 6.45) is 2.79. The summed E-state index contributed by atoms with van der Waals surface area (Å²) in [4.78, 5) is 38.1. The van der Waals surface area contributed by atoms with Crippen LogP contribution in [0.5, 0.6) is 0 Å². The third-order valence-electron chi connectivity index (χ3n) is 4.67. The summed E-state index contributed by atoms with van der Waals surface area (Å²) in [5.41, 5.74) is 0.526. The predicted octanol–water partition coefficient (Wildman–Crippen LogP) is 2.95. The Morgan fingerprint density at radius 2 is 1.89 bits per heavy atom. The first kappa shape index (κ1) is 20.9. The molecule has 1 aromatic rings. The van der Waals surface area contributed by atoms with E-state index in [1.165, 1.54) is 5.56 Å². The number of carbonyl (C=O) groups excluding carboxylic acids is 3. The van der Waals surface area contributed by atoms with Crippen molar-refractivity contribution in [3.05, 3.63) is 35.9 Å². The topological polar surface area (TPSA) is 75.7 Å². The molecule has 6 heteroatoms. The van der Waals surface area contributed by atoms with E-state index in [1.807, 2.05) is 18.2 Å². The Morgan fingerprint density at radius 1 is 1.19 bits per heavy atom. The minimum absolute atomic E-state index is 0.119. The van der Waals surface area contributed by atoms with Crippen LogP contribution in [0.3, 0.4) is 0 Å². The number of alkyl carbamates (subject to hydrolysis) is 1. The van der Waals surface area contributed by atoms with Crippen LogP contribution >= 0.6 is 0 Å². The lowest BCUT2D eigenvalue weighted by Crippen LogP contribution is -2.46. The molecule has 0 aromatic heterocycles. The van der Waals surface area contributed by atoms with Gasteiger partial charge in [0.05, 0.1) is 6.04 Å². The molecule has 0 radical (unpaired) electrons. The molecule has 1 saturated heterocycles. The van der Waals surface area contributed by atoms with Gasteiger partial charge < -0.3 is 15.0 Å². The SMILES string of the molecule is CC(C)(C)C(=O)C(=O)N1CCCC1COC(=O)NCCCc1ccccc1. The van der Waals surface area contributed by atoms with E-state index < -0.39 is 23.2 Å². The van der Waals surface area contributed by atoms with Crippen molar-refractivity contribution in [1.82, 2.24) is 10.2 Å². The van der Waals surface area contributed by atoms with Crippen LogP contribution in [-0.2, 0) is 20.7 Å². The zero-order chi connectivity index (χ0) is 19.9. The second kappa shape index (κ2) is 9.53. The number of benzene rings is 1. The molecule has 0 aliphatic carbocycles. The van der Waals surface area contributed by atoms with Gasteiger partial charge in [0.1, 0.15) is 6.61 Å². The van der Waals surface area contributed by atoms with Gasteiger partial charge in [-0.25, -0.2) is 4.79 Å². The highest BCUT2D eigenvalue weighted by molar-refractivity contribution is 6.37. The first-order valence-corrected chi connectivity index (χ1v) is 9.59. The van der Waals surface area contributed by atoms with Gasteiger partial charge in [0.15, 0.2) is 0 Å². The van der Waals surface area contributed by atoms with E-state index in [-0.39, 0.29) is 12.6 Å². The van der Waals surface area contributed by atoms with E-state index in [1.54, 1.807) is 25.7 Å². The maximum atomic E-state index is 12.4. The number of Topliss-reactive ketones (excluding diaryl/α,β-unsaturated/α-hetero) is 1. The largest absolute Gasteiger partial charge is 0.447 e. The Morgan fingerprint density at radius 3 is 2.56 bits per heavy atom. The molecule has 1 heterocycles. The number of amides is 2. The van der Waals surface area contributed by atoms with Gasteiger partial charge in [0.25, 0.3) is 5.91 Å². The van der Waals surface area contributed by atoms with Gasteiger partial charge >= 0.3 is 6.09 Å². The normalized spacial score (nSPS) is 16.9. The van der Waals surface area contributed by atoms with E-state index in [2.05, 4.69) is 17.4 Å². The summed E-state index contributed by atoms with van der Waals surface area (Å²) in [5, 5.41) is 2.74. The van der Waals surface area contributed by atoms with E-state index in [0.717, 1.165) is 25.7 Å². The van der Waals surface area contributed by atoms with Crippen molar-refractivity contribution >= 4 is 17.8 Å². The molecule has 0 saturated carbocycles. The maximum Gasteiger partial charge on any atom is 0.407 e. The molecule has 0 spiro atoms. The van der Waals surface area contributed by atoms with Gasteiger partial charge in [-0.3, -0.25) is 9.59 Å². The molecule has 1 atom stereocenters. The highest BCUT2D eigenvalue weighted by Gasteiger charge is 2.37. The molecule has 0 bridgehead atoms. The van der Waals surface area contributed by atoms with Crippen molar-refractivity contribution in [2.24, 2.45) is 5.41 Å². The minimum atomic E-state index is -0.707. The van der Waals surface area contributed by atoms with Gasteiger partial charge in [-0.1, -0.05) is 51.1 Å². The Bertz CT molecular complexity index is 652. The number of nitrogens with one attached hydrogen (secondary N) is 1. The first-order chi connectivity index (χ1) is 12.8. The van der Waals surface area contributed by atoms with Gasteiger partial charge in [0.2, 0.25) is 5.78 Å². The monoisotopic (exact) mass is 374 g/mol. The highest BCUT2D eigenvalue weighted by atomic mass is 16.5. The lowest BCUT2D eigenvalue weighted by Gasteiger charge is -2.26. The van der Waals surface area contributed by atoms with Crippen molar-refractivity contribution in [3.8, 4) is 0 Å². The van der Waals surface area contributed by atoms with Crippen molar-refractivity contribution in [2.45, 2.75) is 52.5 Å². The number of ether oxygens (including phenoxy) is 1. The predicted molar refractivity (Wildman–Crippen MR) is 103 cm³/mol. The van der Waals surface area contributed by atoms with E-state index >= 15 is 0 Å². The molecule has 1 unspecified atom stereocenters. The first-order valence-electron chi connectivity index (χ1n) is 9.59. The fourth-order valence-corrected chi connectivity index (χ4v) is 3.08. The molecule has 1 fully saturated rings. The Kier molecular flexibility index (Phi) is 7.39. The molecule has 6 nitrogen and oxygen atoms in total. The van der Waals surface area contributed by atoms with Crippen LogP contribution < -0.4 is 5.32 Å². The molecule has 27 heavy (non-hydrogen) atoms. The Labute approximate surface area is 161 Å². The number of carbonyl (C=O) groups is 3. The molecular weight excluding hydrogens is 344 g/mol. The lowest BCUT2D eigenvalue weighted by molar-refractivity contribution is -0.149. The summed E-state index contributed by atoms with van der Waals surface area (Å²) in [5.74, 6) is -0.878. The average Bonchev–Trinajstić information content (AvgIpc) is 3.11. The molecule has 148 valence electrons.